The molecule has 0 saturated heterocycles. The van der Waals surface area contributed by atoms with Crippen LogP contribution in [0.4, 0.5) is 0 Å². The summed E-state index contributed by atoms with van der Waals surface area (Å²) in [7, 11) is 0.598. The van der Waals surface area contributed by atoms with Crippen LogP contribution in [0.1, 0.15) is 28.7 Å². The number of fused-ring (bicyclic) bond motifs is 2. The topological polar surface area (TPSA) is 57.6 Å². The Morgan fingerprint density at radius 1 is 0.962 bits per heavy atom. The number of benzene rings is 2. The highest BCUT2D eigenvalue weighted by Crippen LogP contribution is 2.33. The molecule has 140 valence electrons. The third-order valence-electron chi connectivity index (χ3n) is 4.20. The zero-order valence-corrected chi connectivity index (χ0v) is 16.5. The van der Waals surface area contributed by atoms with Crippen LogP contribution >= 0.6 is 0 Å². The van der Waals surface area contributed by atoms with Crippen molar-refractivity contribution in [2.24, 2.45) is 0 Å². The van der Waals surface area contributed by atoms with Gasteiger partial charge in [0.1, 0.15) is 0 Å². The van der Waals surface area contributed by atoms with Crippen LogP contribution in [0.15, 0.2) is 54.6 Å². The van der Waals surface area contributed by atoms with Crippen LogP contribution in [0.25, 0.3) is 5.57 Å². The second kappa shape index (κ2) is 9.12. The summed E-state index contributed by atoms with van der Waals surface area (Å²) in [5, 5.41) is 0. The normalized spacial score (nSPS) is 13.2. The molecule has 26 heavy (non-hydrogen) atoms. The monoisotopic (exact) mass is 373 g/mol. The molecule has 0 saturated carbocycles. The smallest absolute Gasteiger partial charge is 0.261 e. The maximum atomic E-state index is 9.19. The molecule has 0 unspecified atom stereocenters. The second-order valence-electron chi connectivity index (χ2n) is 6.76. The molecular formula is C21H27NO3S. The van der Waals surface area contributed by atoms with Crippen molar-refractivity contribution in [1.82, 2.24) is 4.90 Å². The average molecular weight is 374 g/mol. The van der Waals surface area contributed by atoms with Crippen molar-refractivity contribution in [2.45, 2.75) is 19.3 Å². The number of nitrogens with zero attached hydrogens (tertiary/aromatic N) is 1. The molecule has 1 N–H and O–H groups in total. The van der Waals surface area contributed by atoms with Crippen molar-refractivity contribution in [2.75, 3.05) is 26.9 Å². The van der Waals surface area contributed by atoms with Gasteiger partial charge in [-0.15, -0.1) is 0 Å². The van der Waals surface area contributed by atoms with E-state index in [4.69, 9.17) is 4.55 Å². The lowest BCUT2D eigenvalue weighted by Crippen LogP contribution is -2.12. The molecule has 0 fully saturated rings. The first kappa shape index (κ1) is 20.4. The minimum Gasteiger partial charge on any atom is -0.309 e. The number of hydrogen-bond donors (Lipinski definition) is 1. The Morgan fingerprint density at radius 3 is 1.81 bits per heavy atom. The Kier molecular flexibility index (Phi) is 7.14. The molecule has 0 amide bonds. The quantitative estimate of drug-likeness (QED) is 0.834. The van der Waals surface area contributed by atoms with Crippen LogP contribution in [0.2, 0.25) is 0 Å². The summed E-state index contributed by atoms with van der Waals surface area (Å²) in [4.78, 5) is 2.24. The predicted octanol–water partition coefficient (Wildman–Crippen LogP) is 3.67. The minimum atomic E-state index is -3.67. The van der Waals surface area contributed by atoms with Crippen molar-refractivity contribution in [3.8, 4) is 0 Å². The van der Waals surface area contributed by atoms with E-state index in [-0.39, 0.29) is 0 Å². The highest BCUT2D eigenvalue weighted by Gasteiger charge is 2.16. The van der Waals surface area contributed by atoms with Crippen LogP contribution in [0, 0.1) is 0 Å². The van der Waals surface area contributed by atoms with Gasteiger partial charge in [-0.3, -0.25) is 4.55 Å². The first-order valence-electron chi connectivity index (χ1n) is 8.69. The maximum absolute atomic E-state index is 9.19. The summed E-state index contributed by atoms with van der Waals surface area (Å²) in [5.74, 6) is 0. The third-order valence-corrected chi connectivity index (χ3v) is 4.20. The first-order valence-corrected chi connectivity index (χ1v) is 10.5. The van der Waals surface area contributed by atoms with Gasteiger partial charge < -0.3 is 4.90 Å². The van der Waals surface area contributed by atoms with Gasteiger partial charge in [0, 0.05) is 6.54 Å². The lowest BCUT2D eigenvalue weighted by molar-refractivity contribution is 0.417. The van der Waals surface area contributed by atoms with Gasteiger partial charge in [0.2, 0.25) is 0 Å². The van der Waals surface area contributed by atoms with Crippen LogP contribution in [-0.4, -0.2) is 44.8 Å². The van der Waals surface area contributed by atoms with Gasteiger partial charge in [0.15, 0.2) is 0 Å². The Bertz CT molecular complexity index is 813. The Hall–Kier alpha value is -1.95. The largest absolute Gasteiger partial charge is 0.309 e. The van der Waals surface area contributed by atoms with Crippen LogP contribution in [0.3, 0.4) is 0 Å². The highest BCUT2D eigenvalue weighted by molar-refractivity contribution is 7.85. The van der Waals surface area contributed by atoms with Gasteiger partial charge in [-0.25, -0.2) is 0 Å². The number of hydrogen-bond acceptors (Lipinski definition) is 3. The van der Waals surface area contributed by atoms with Crippen molar-refractivity contribution >= 4 is 15.7 Å². The van der Waals surface area contributed by atoms with E-state index in [2.05, 4.69) is 73.6 Å². The molecule has 0 aromatic heterocycles. The van der Waals surface area contributed by atoms with Crippen molar-refractivity contribution in [3.63, 3.8) is 0 Å². The maximum Gasteiger partial charge on any atom is 0.261 e. The predicted molar refractivity (Wildman–Crippen MR) is 108 cm³/mol. The fourth-order valence-electron chi connectivity index (χ4n) is 3.10. The Labute approximate surface area is 156 Å². The molecule has 1 aliphatic rings. The first-order chi connectivity index (χ1) is 12.3. The van der Waals surface area contributed by atoms with Crippen molar-refractivity contribution in [3.05, 3.63) is 76.9 Å². The molecule has 1 aliphatic carbocycles. The van der Waals surface area contributed by atoms with E-state index in [9.17, 15) is 8.42 Å². The van der Waals surface area contributed by atoms with Gasteiger partial charge in [-0.1, -0.05) is 54.6 Å². The van der Waals surface area contributed by atoms with Gasteiger partial charge in [-0.05, 0) is 61.2 Å². The van der Waals surface area contributed by atoms with E-state index < -0.39 is 10.1 Å². The van der Waals surface area contributed by atoms with E-state index in [1.807, 2.05) is 0 Å². The molecular weight excluding hydrogens is 346 g/mol. The molecule has 0 heterocycles. The van der Waals surface area contributed by atoms with E-state index in [0.717, 1.165) is 25.8 Å². The number of aryl methyl sites for hydroxylation is 2. The fraction of sp³-hybridized carbons (Fsp3) is 0.333. The van der Waals surface area contributed by atoms with Crippen molar-refractivity contribution < 1.29 is 13.0 Å². The zero-order chi connectivity index (χ0) is 19.2. The molecule has 0 bridgehead atoms. The van der Waals surface area contributed by atoms with Gasteiger partial charge in [0.25, 0.3) is 10.1 Å². The van der Waals surface area contributed by atoms with Crippen molar-refractivity contribution in [1.29, 1.82) is 0 Å². The third kappa shape index (κ3) is 6.41. The van der Waals surface area contributed by atoms with Gasteiger partial charge >= 0.3 is 0 Å². The SMILES string of the molecule is CN(C)CCC=C1c2ccccc2CCc2ccccc21.CS(=O)(=O)O. The standard InChI is InChI=1S/C20H23N.CH4O3S/c1-21(2)15-7-12-20-18-10-5-3-8-16(18)13-14-17-9-4-6-11-19(17)20;1-5(2,3)4/h3-6,8-12H,7,13-15H2,1-2H3;1H3,(H,2,3,4). The molecule has 2 aromatic rings. The summed E-state index contributed by atoms with van der Waals surface area (Å²) in [6.07, 6.45) is 6.50. The molecule has 5 heteroatoms. The summed E-state index contributed by atoms with van der Waals surface area (Å²) < 4.78 is 25.9. The van der Waals surface area contributed by atoms with E-state index >= 15 is 0 Å². The summed E-state index contributed by atoms with van der Waals surface area (Å²) in [6, 6.07) is 17.7. The molecule has 2 aromatic carbocycles. The Balaban J connectivity index is 0.000000431. The molecule has 0 aliphatic heterocycles. The Morgan fingerprint density at radius 2 is 1.38 bits per heavy atom. The van der Waals surface area contributed by atoms with Crippen LogP contribution in [0.5, 0.6) is 0 Å². The van der Waals surface area contributed by atoms with Gasteiger partial charge in [-0.2, -0.15) is 8.42 Å². The molecule has 3 rings (SSSR count). The van der Waals surface area contributed by atoms with Crippen LogP contribution < -0.4 is 0 Å². The average Bonchev–Trinajstić information content (AvgIpc) is 2.71. The molecule has 0 atom stereocenters. The molecule has 0 radical (unpaired) electrons. The lowest BCUT2D eigenvalue weighted by atomic mass is 9.93. The number of rotatable bonds is 3. The van der Waals surface area contributed by atoms with E-state index in [1.165, 1.54) is 27.8 Å². The fourth-order valence-corrected chi connectivity index (χ4v) is 3.10. The molecule has 4 nitrogen and oxygen atoms in total. The van der Waals surface area contributed by atoms with E-state index in [0.29, 0.717) is 6.26 Å². The molecule has 0 spiro atoms. The highest BCUT2D eigenvalue weighted by atomic mass is 32.2. The summed E-state index contributed by atoms with van der Waals surface area (Å²) >= 11 is 0. The summed E-state index contributed by atoms with van der Waals surface area (Å²) in [5.41, 5.74) is 7.21. The summed E-state index contributed by atoms with van der Waals surface area (Å²) in [6.45, 7) is 1.09. The van der Waals surface area contributed by atoms with E-state index in [1.54, 1.807) is 0 Å². The zero-order valence-electron chi connectivity index (χ0n) is 15.6. The van der Waals surface area contributed by atoms with Gasteiger partial charge in [0.05, 0.1) is 6.26 Å². The second-order valence-corrected chi connectivity index (χ2v) is 8.22. The van der Waals surface area contributed by atoms with Crippen LogP contribution in [-0.2, 0) is 23.0 Å². The minimum absolute atomic E-state index is 0.715. The lowest BCUT2D eigenvalue weighted by Gasteiger charge is -2.13.